The zero-order chi connectivity index (χ0) is 17.9. The van der Waals surface area contributed by atoms with Crippen LogP contribution in [0.1, 0.15) is 12.5 Å². The number of hydrogen-bond acceptors (Lipinski definition) is 7. The van der Waals surface area contributed by atoms with Gasteiger partial charge in [-0.15, -0.1) is 11.3 Å². The molecule has 0 unspecified atom stereocenters. The van der Waals surface area contributed by atoms with Crippen LogP contribution in [0.5, 0.6) is 11.5 Å². The summed E-state index contributed by atoms with van der Waals surface area (Å²) in [7, 11) is 0. The first kappa shape index (κ1) is 16.9. The normalized spacial score (nSPS) is 14.0. The summed E-state index contributed by atoms with van der Waals surface area (Å²) in [4.78, 5) is 16.8. The molecule has 1 aliphatic heterocycles. The van der Waals surface area contributed by atoms with E-state index in [1.54, 1.807) is 17.6 Å². The Labute approximate surface area is 158 Å². The van der Waals surface area contributed by atoms with Crippen LogP contribution in [0.3, 0.4) is 0 Å². The molecular weight excluding hydrogens is 370 g/mol. The lowest BCUT2D eigenvalue weighted by atomic mass is 10.2. The van der Waals surface area contributed by atoms with Gasteiger partial charge in [0, 0.05) is 0 Å². The van der Waals surface area contributed by atoms with Crippen molar-refractivity contribution in [1.82, 2.24) is 10.4 Å². The van der Waals surface area contributed by atoms with Crippen LogP contribution in [0.15, 0.2) is 51.9 Å². The maximum Gasteiger partial charge on any atom is 0.253 e. The van der Waals surface area contributed by atoms with Crippen molar-refractivity contribution < 1.29 is 14.3 Å². The summed E-state index contributed by atoms with van der Waals surface area (Å²) in [6.45, 7) is 2.06. The summed E-state index contributed by atoms with van der Waals surface area (Å²) in [5, 5.41) is 3.72. The van der Waals surface area contributed by atoms with Crippen molar-refractivity contribution in [3.8, 4) is 11.5 Å². The summed E-state index contributed by atoms with van der Waals surface area (Å²) in [6, 6.07) is 13.4. The molecule has 0 aliphatic carbocycles. The summed E-state index contributed by atoms with van der Waals surface area (Å²) in [6.07, 6.45) is 1.58. The van der Waals surface area contributed by atoms with Crippen LogP contribution < -0.4 is 14.9 Å². The van der Waals surface area contributed by atoms with E-state index in [0.717, 1.165) is 20.1 Å². The number of aromatic nitrogens is 1. The summed E-state index contributed by atoms with van der Waals surface area (Å²) in [5.74, 6) is 1.22. The van der Waals surface area contributed by atoms with Crippen molar-refractivity contribution in [1.29, 1.82) is 0 Å². The molecule has 6 nitrogen and oxygen atoms in total. The fourth-order valence-corrected chi connectivity index (χ4v) is 4.57. The smallest absolute Gasteiger partial charge is 0.253 e. The summed E-state index contributed by atoms with van der Waals surface area (Å²) >= 11 is 3.01. The number of carbonyl (C=O) groups is 1. The van der Waals surface area contributed by atoms with Gasteiger partial charge in [-0.25, -0.2) is 10.4 Å². The van der Waals surface area contributed by atoms with Gasteiger partial charge >= 0.3 is 0 Å². The second-order valence-electron chi connectivity index (χ2n) is 5.55. The van der Waals surface area contributed by atoms with E-state index < -0.39 is 0 Å². The first-order chi connectivity index (χ1) is 12.7. The fourth-order valence-electron chi connectivity index (χ4n) is 2.36. The third kappa shape index (κ3) is 3.66. The third-order valence-corrected chi connectivity index (χ3v) is 5.94. The van der Waals surface area contributed by atoms with Crippen molar-refractivity contribution >= 4 is 45.4 Å². The maximum atomic E-state index is 12.2. The van der Waals surface area contributed by atoms with Crippen molar-refractivity contribution in [3.63, 3.8) is 0 Å². The van der Waals surface area contributed by atoms with Gasteiger partial charge in [-0.3, -0.25) is 4.79 Å². The number of thiazole rings is 1. The van der Waals surface area contributed by atoms with E-state index in [0.29, 0.717) is 11.5 Å². The van der Waals surface area contributed by atoms with Gasteiger partial charge in [-0.05, 0) is 42.8 Å². The largest absolute Gasteiger partial charge is 0.454 e. The summed E-state index contributed by atoms with van der Waals surface area (Å²) < 4.78 is 12.6. The highest BCUT2D eigenvalue weighted by Crippen LogP contribution is 2.32. The zero-order valence-corrected chi connectivity index (χ0v) is 15.5. The predicted molar refractivity (Wildman–Crippen MR) is 103 cm³/mol. The van der Waals surface area contributed by atoms with Crippen LogP contribution in [0.4, 0.5) is 0 Å². The van der Waals surface area contributed by atoms with Gasteiger partial charge in [0.05, 0.1) is 21.7 Å². The lowest BCUT2D eigenvalue weighted by Gasteiger charge is -2.06. The van der Waals surface area contributed by atoms with Crippen LogP contribution in [-0.4, -0.2) is 29.1 Å². The average Bonchev–Trinajstić information content (AvgIpc) is 3.26. The van der Waals surface area contributed by atoms with E-state index >= 15 is 0 Å². The first-order valence-corrected chi connectivity index (χ1v) is 9.63. The van der Waals surface area contributed by atoms with Gasteiger partial charge in [0.15, 0.2) is 15.8 Å². The lowest BCUT2D eigenvalue weighted by Crippen LogP contribution is -2.26. The number of para-hydroxylation sites is 1. The number of benzene rings is 2. The molecule has 1 amide bonds. The SMILES string of the molecule is C[C@H](Sc1nc2ccccc2s1)C(=O)N/N=C\c1ccc2c(c1)OCO2. The third-order valence-electron chi connectivity index (χ3n) is 3.71. The molecule has 0 saturated heterocycles. The van der Waals surface area contributed by atoms with E-state index in [9.17, 15) is 4.79 Å². The van der Waals surface area contributed by atoms with Crippen molar-refractivity contribution in [2.45, 2.75) is 16.5 Å². The number of hydrogen-bond donors (Lipinski definition) is 1. The number of rotatable bonds is 5. The molecule has 0 radical (unpaired) electrons. The molecule has 0 spiro atoms. The monoisotopic (exact) mass is 385 g/mol. The number of nitrogens with zero attached hydrogens (tertiary/aromatic N) is 2. The molecule has 1 aliphatic rings. The van der Waals surface area contributed by atoms with E-state index in [4.69, 9.17) is 9.47 Å². The van der Waals surface area contributed by atoms with Crippen LogP contribution in [0.25, 0.3) is 10.2 Å². The number of carbonyl (C=O) groups excluding carboxylic acids is 1. The molecule has 0 bridgehead atoms. The lowest BCUT2D eigenvalue weighted by molar-refractivity contribution is -0.120. The van der Waals surface area contributed by atoms with Crippen LogP contribution in [0.2, 0.25) is 0 Å². The highest BCUT2D eigenvalue weighted by molar-refractivity contribution is 8.02. The number of amides is 1. The van der Waals surface area contributed by atoms with Gasteiger partial charge in [-0.1, -0.05) is 23.9 Å². The Balaban J connectivity index is 1.35. The summed E-state index contributed by atoms with van der Waals surface area (Å²) in [5.41, 5.74) is 4.34. The van der Waals surface area contributed by atoms with Gasteiger partial charge in [-0.2, -0.15) is 5.10 Å². The number of ether oxygens (including phenoxy) is 2. The molecular formula is C18H15N3O3S2. The van der Waals surface area contributed by atoms with Crippen LogP contribution >= 0.6 is 23.1 Å². The molecule has 132 valence electrons. The average molecular weight is 385 g/mol. The van der Waals surface area contributed by atoms with Gasteiger partial charge in [0.1, 0.15) is 0 Å². The van der Waals surface area contributed by atoms with Crippen LogP contribution in [-0.2, 0) is 4.79 Å². The quantitative estimate of drug-likeness (QED) is 0.412. The Morgan fingerprint density at radius 3 is 3.04 bits per heavy atom. The van der Waals surface area contributed by atoms with E-state index in [2.05, 4.69) is 15.5 Å². The molecule has 0 saturated carbocycles. The standard InChI is InChI=1S/C18H15N3O3S2/c1-11(25-18-20-13-4-2-3-5-16(13)26-18)17(22)21-19-9-12-6-7-14-15(8-12)24-10-23-14/h2-9,11H,10H2,1H3,(H,21,22)/b19-9-/t11-/m0/s1. The number of thioether (sulfide) groups is 1. The molecule has 2 heterocycles. The molecule has 26 heavy (non-hydrogen) atoms. The highest BCUT2D eigenvalue weighted by Gasteiger charge is 2.16. The van der Waals surface area contributed by atoms with E-state index in [1.165, 1.54) is 11.8 Å². The molecule has 3 aromatic rings. The van der Waals surface area contributed by atoms with Gasteiger partial charge < -0.3 is 9.47 Å². The number of hydrazone groups is 1. The Kier molecular flexibility index (Phi) is 4.77. The van der Waals surface area contributed by atoms with E-state index in [-0.39, 0.29) is 18.0 Å². The predicted octanol–water partition coefficient (Wildman–Crippen LogP) is 3.66. The molecule has 2 aromatic carbocycles. The minimum Gasteiger partial charge on any atom is -0.454 e. The Bertz CT molecular complexity index is 954. The number of fused-ring (bicyclic) bond motifs is 2. The van der Waals surface area contributed by atoms with Crippen LogP contribution in [0, 0.1) is 0 Å². The van der Waals surface area contributed by atoms with Crippen molar-refractivity contribution in [2.75, 3.05) is 6.79 Å². The molecule has 4 rings (SSSR count). The molecule has 0 fully saturated rings. The second kappa shape index (κ2) is 7.35. The Morgan fingerprint density at radius 2 is 2.15 bits per heavy atom. The van der Waals surface area contributed by atoms with Gasteiger partial charge in [0.25, 0.3) is 5.91 Å². The zero-order valence-electron chi connectivity index (χ0n) is 13.8. The minimum atomic E-state index is -0.301. The minimum absolute atomic E-state index is 0.175. The first-order valence-electron chi connectivity index (χ1n) is 7.94. The Morgan fingerprint density at radius 1 is 1.31 bits per heavy atom. The topological polar surface area (TPSA) is 72.8 Å². The highest BCUT2D eigenvalue weighted by atomic mass is 32.2. The molecule has 8 heteroatoms. The number of nitrogens with one attached hydrogen (secondary N) is 1. The maximum absolute atomic E-state index is 12.2. The van der Waals surface area contributed by atoms with Crippen molar-refractivity contribution in [3.05, 3.63) is 48.0 Å². The van der Waals surface area contributed by atoms with Gasteiger partial charge in [0.2, 0.25) is 6.79 Å². The van der Waals surface area contributed by atoms with Crippen molar-refractivity contribution in [2.24, 2.45) is 5.10 Å². The molecule has 1 atom stereocenters. The second-order valence-corrected chi connectivity index (χ2v) is 8.17. The van der Waals surface area contributed by atoms with E-state index in [1.807, 2.05) is 49.4 Å². The molecule has 1 aromatic heterocycles. The molecule has 1 N–H and O–H groups in total. The fraction of sp³-hybridized carbons (Fsp3) is 0.167. The Hall–Kier alpha value is -2.58.